The number of carbonyl (C=O) groups excluding carboxylic acids is 1. The molecule has 31 heavy (non-hydrogen) atoms. The predicted molar refractivity (Wildman–Crippen MR) is 118 cm³/mol. The number of ether oxygens (including phenoxy) is 1. The number of nitrogens with one attached hydrogen (secondary N) is 3. The van der Waals surface area contributed by atoms with Gasteiger partial charge >= 0.3 is 0 Å². The number of nitrogens with zero attached hydrogens (tertiary/aromatic N) is 4. The second kappa shape index (κ2) is 9.31. The van der Waals surface area contributed by atoms with Crippen LogP contribution < -0.4 is 20.7 Å². The molecular weight excluding hydrogens is 394 g/mol. The molecule has 1 amide bonds. The molecule has 1 aromatic carbocycles. The van der Waals surface area contributed by atoms with Crippen LogP contribution in [-0.4, -0.2) is 33.0 Å². The summed E-state index contributed by atoms with van der Waals surface area (Å²) in [6, 6.07) is 18.0. The van der Waals surface area contributed by atoms with Crippen molar-refractivity contribution >= 4 is 34.7 Å². The Balaban J connectivity index is 1.41. The molecule has 0 bridgehead atoms. The molecule has 0 fully saturated rings. The lowest BCUT2D eigenvalue weighted by atomic mass is 10.2. The van der Waals surface area contributed by atoms with Gasteiger partial charge in [-0.15, -0.1) is 0 Å². The predicted octanol–water partition coefficient (Wildman–Crippen LogP) is 4.01. The summed E-state index contributed by atoms with van der Waals surface area (Å²) in [5, 5.41) is 9.16. The van der Waals surface area contributed by atoms with Crippen molar-refractivity contribution in [1.29, 1.82) is 0 Å². The number of aromatic nitrogens is 4. The van der Waals surface area contributed by atoms with E-state index in [0.29, 0.717) is 28.7 Å². The SMILES string of the molecule is COc1ncccc1C(=O)Nc1ccc(Nc2cc(Nc3ccccn3)ncn2)cc1. The number of amides is 1. The lowest BCUT2D eigenvalue weighted by Gasteiger charge is -2.10. The van der Waals surface area contributed by atoms with E-state index in [1.54, 1.807) is 42.7 Å². The molecule has 0 unspecified atom stereocenters. The molecular formula is C22H19N7O2. The highest BCUT2D eigenvalue weighted by Crippen LogP contribution is 2.21. The number of methoxy groups -OCH3 is 1. The van der Waals surface area contributed by atoms with Gasteiger partial charge in [0.15, 0.2) is 0 Å². The molecule has 0 saturated heterocycles. The summed E-state index contributed by atoms with van der Waals surface area (Å²) in [7, 11) is 1.48. The third-order valence-corrected chi connectivity index (χ3v) is 4.21. The molecule has 3 N–H and O–H groups in total. The maximum absolute atomic E-state index is 12.5. The smallest absolute Gasteiger partial charge is 0.261 e. The van der Waals surface area contributed by atoms with Crippen LogP contribution in [0.3, 0.4) is 0 Å². The van der Waals surface area contributed by atoms with Gasteiger partial charge in [0.2, 0.25) is 5.88 Å². The Kier molecular flexibility index (Phi) is 5.94. The maximum Gasteiger partial charge on any atom is 0.261 e. The normalized spacial score (nSPS) is 10.2. The Hall–Kier alpha value is -4.53. The lowest BCUT2D eigenvalue weighted by Crippen LogP contribution is -2.13. The summed E-state index contributed by atoms with van der Waals surface area (Å²) in [5.41, 5.74) is 1.81. The van der Waals surface area contributed by atoms with Crippen molar-refractivity contribution in [2.45, 2.75) is 0 Å². The highest BCUT2D eigenvalue weighted by molar-refractivity contribution is 6.05. The second-order valence-corrected chi connectivity index (χ2v) is 6.35. The molecule has 0 aliphatic carbocycles. The van der Waals surface area contributed by atoms with Gasteiger partial charge in [-0.3, -0.25) is 4.79 Å². The average Bonchev–Trinajstić information content (AvgIpc) is 2.81. The molecule has 3 aromatic heterocycles. The fourth-order valence-corrected chi connectivity index (χ4v) is 2.77. The van der Waals surface area contributed by atoms with Crippen LogP contribution in [0, 0.1) is 0 Å². The number of hydrogen-bond donors (Lipinski definition) is 3. The number of anilines is 5. The van der Waals surface area contributed by atoms with Crippen LogP contribution in [0.4, 0.5) is 28.8 Å². The fraction of sp³-hybridized carbons (Fsp3) is 0.0455. The Morgan fingerprint density at radius 3 is 2.26 bits per heavy atom. The summed E-state index contributed by atoms with van der Waals surface area (Å²) >= 11 is 0. The highest BCUT2D eigenvalue weighted by atomic mass is 16.5. The number of pyridine rings is 2. The Morgan fingerprint density at radius 2 is 1.52 bits per heavy atom. The largest absolute Gasteiger partial charge is 0.480 e. The number of rotatable bonds is 7. The van der Waals surface area contributed by atoms with Gasteiger partial charge in [0.05, 0.1) is 7.11 Å². The van der Waals surface area contributed by atoms with Crippen molar-refractivity contribution in [3.63, 3.8) is 0 Å². The summed E-state index contributed by atoms with van der Waals surface area (Å²) in [6.07, 6.45) is 4.73. The zero-order valence-electron chi connectivity index (χ0n) is 16.6. The molecule has 0 aliphatic rings. The number of benzene rings is 1. The molecule has 0 spiro atoms. The first kappa shape index (κ1) is 19.8. The lowest BCUT2D eigenvalue weighted by molar-refractivity contribution is 0.102. The molecule has 0 radical (unpaired) electrons. The first-order valence-corrected chi connectivity index (χ1v) is 9.39. The van der Waals surface area contributed by atoms with Gasteiger partial charge in [-0.25, -0.2) is 19.9 Å². The van der Waals surface area contributed by atoms with E-state index in [0.717, 1.165) is 5.69 Å². The molecule has 9 nitrogen and oxygen atoms in total. The van der Waals surface area contributed by atoms with Crippen LogP contribution in [-0.2, 0) is 0 Å². The minimum Gasteiger partial charge on any atom is -0.480 e. The quantitative estimate of drug-likeness (QED) is 0.416. The van der Waals surface area contributed by atoms with Gasteiger partial charge in [0.25, 0.3) is 5.91 Å². The van der Waals surface area contributed by atoms with Gasteiger partial charge in [0.1, 0.15) is 29.3 Å². The molecule has 4 rings (SSSR count). The molecule has 3 heterocycles. The zero-order valence-corrected chi connectivity index (χ0v) is 16.6. The maximum atomic E-state index is 12.5. The average molecular weight is 413 g/mol. The van der Waals surface area contributed by atoms with Crippen LogP contribution >= 0.6 is 0 Å². The van der Waals surface area contributed by atoms with Gasteiger partial charge < -0.3 is 20.7 Å². The summed E-state index contributed by atoms with van der Waals surface area (Å²) in [6.45, 7) is 0. The summed E-state index contributed by atoms with van der Waals surface area (Å²) < 4.78 is 5.13. The van der Waals surface area contributed by atoms with Crippen LogP contribution in [0.5, 0.6) is 5.88 Å². The Labute approximate surface area is 178 Å². The van der Waals surface area contributed by atoms with E-state index in [1.807, 2.05) is 30.3 Å². The zero-order chi connectivity index (χ0) is 21.5. The van der Waals surface area contributed by atoms with Crippen molar-refractivity contribution in [3.05, 3.63) is 84.9 Å². The first-order valence-electron chi connectivity index (χ1n) is 9.39. The van der Waals surface area contributed by atoms with Gasteiger partial charge in [-0.2, -0.15) is 0 Å². The third kappa shape index (κ3) is 5.10. The molecule has 4 aromatic rings. The van der Waals surface area contributed by atoms with Crippen molar-refractivity contribution in [2.24, 2.45) is 0 Å². The molecule has 0 atom stereocenters. The van der Waals surface area contributed by atoms with Crippen LogP contribution in [0.15, 0.2) is 79.4 Å². The van der Waals surface area contributed by atoms with Crippen LogP contribution in [0.1, 0.15) is 10.4 Å². The summed E-state index contributed by atoms with van der Waals surface area (Å²) in [4.78, 5) is 29.2. The standard InChI is InChI=1S/C22H19N7O2/c1-31-22-17(5-4-12-24-22)21(30)28-16-9-7-15(8-10-16)27-19-13-20(26-14-25-19)29-18-6-2-3-11-23-18/h2-14H,1H3,(H,28,30)(H2,23,25,26,27,29). The van der Waals surface area contributed by atoms with Crippen molar-refractivity contribution in [3.8, 4) is 5.88 Å². The van der Waals surface area contributed by atoms with Gasteiger partial charge in [-0.05, 0) is 48.5 Å². The molecule has 0 aliphatic heterocycles. The second-order valence-electron chi connectivity index (χ2n) is 6.35. The number of hydrogen-bond acceptors (Lipinski definition) is 8. The van der Waals surface area contributed by atoms with Gasteiger partial charge in [-0.1, -0.05) is 6.07 Å². The Morgan fingerprint density at radius 1 is 0.774 bits per heavy atom. The van der Waals surface area contributed by atoms with Crippen molar-refractivity contribution in [1.82, 2.24) is 19.9 Å². The van der Waals surface area contributed by atoms with Crippen molar-refractivity contribution in [2.75, 3.05) is 23.1 Å². The van der Waals surface area contributed by atoms with E-state index in [-0.39, 0.29) is 11.8 Å². The van der Waals surface area contributed by atoms with Gasteiger partial charge in [0, 0.05) is 29.8 Å². The van der Waals surface area contributed by atoms with Crippen molar-refractivity contribution < 1.29 is 9.53 Å². The highest BCUT2D eigenvalue weighted by Gasteiger charge is 2.13. The molecule has 0 saturated carbocycles. The van der Waals surface area contributed by atoms with E-state index >= 15 is 0 Å². The van der Waals surface area contributed by atoms with E-state index in [2.05, 4.69) is 35.9 Å². The minimum absolute atomic E-state index is 0.275. The monoisotopic (exact) mass is 413 g/mol. The first-order chi connectivity index (χ1) is 15.2. The Bertz CT molecular complexity index is 1170. The van der Waals surface area contributed by atoms with E-state index in [4.69, 9.17) is 4.74 Å². The van der Waals surface area contributed by atoms with E-state index in [9.17, 15) is 4.79 Å². The number of carbonyl (C=O) groups is 1. The van der Waals surface area contributed by atoms with E-state index in [1.165, 1.54) is 13.4 Å². The molecule has 9 heteroatoms. The van der Waals surface area contributed by atoms with E-state index < -0.39 is 0 Å². The molecule has 154 valence electrons. The minimum atomic E-state index is -0.299. The fourth-order valence-electron chi connectivity index (χ4n) is 2.77. The third-order valence-electron chi connectivity index (χ3n) is 4.21. The summed E-state index contributed by atoms with van der Waals surface area (Å²) in [5.74, 6) is 1.90. The van der Waals surface area contributed by atoms with Crippen LogP contribution in [0.25, 0.3) is 0 Å². The topological polar surface area (TPSA) is 114 Å². The van der Waals surface area contributed by atoms with Crippen LogP contribution in [0.2, 0.25) is 0 Å².